The monoisotopic (exact) mass is 481 g/mol. The average Bonchev–Trinajstić information content (AvgIpc) is 2.76. The molecule has 3 aromatic rings. The van der Waals surface area contributed by atoms with Crippen LogP contribution in [0.15, 0.2) is 83.0 Å². The molecular formula is C24H20BrNO5. The molecule has 0 atom stereocenters. The van der Waals surface area contributed by atoms with Gasteiger partial charge in [0.1, 0.15) is 22.9 Å². The van der Waals surface area contributed by atoms with Crippen molar-refractivity contribution in [2.45, 2.75) is 6.92 Å². The van der Waals surface area contributed by atoms with Crippen molar-refractivity contribution >= 4 is 33.9 Å². The van der Waals surface area contributed by atoms with Gasteiger partial charge in [0, 0.05) is 0 Å². The number of halogens is 1. The summed E-state index contributed by atoms with van der Waals surface area (Å²) in [6.07, 6.45) is 1.38. The summed E-state index contributed by atoms with van der Waals surface area (Å²) in [5.41, 5.74) is 0.597. The lowest BCUT2D eigenvalue weighted by Gasteiger charge is -2.11. The van der Waals surface area contributed by atoms with Crippen LogP contribution < -0.4 is 14.8 Å². The third-order valence-corrected chi connectivity index (χ3v) is 4.82. The molecule has 0 radical (unpaired) electrons. The molecule has 0 aromatic heterocycles. The number of carbonyl (C=O) groups is 2. The topological polar surface area (TPSA) is 84.9 Å². The van der Waals surface area contributed by atoms with E-state index in [4.69, 9.17) is 9.47 Å². The number of hydrogen-bond acceptors (Lipinski definition) is 4. The maximum atomic E-state index is 12.6. The molecule has 0 heterocycles. The molecule has 158 valence electrons. The minimum absolute atomic E-state index is 0.254. The Labute approximate surface area is 188 Å². The van der Waals surface area contributed by atoms with E-state index in [0.29, 0.717) is 29.4 Å². The summed E-state index contributed by atoms with van der Waals surface area (Å²) in [7, 11) is 0. The van der Waals surface area contributed by atoms with Gasteiger partial charge in [-0.2, -0.15) is 0 Å². The largest absolute Gasteiger partial charge is 0.493 e. The highest BCUT2D eigenvalue weighted by Gasteiger charge is 2.17. The third-order valence-electron chi connectivity index (χ3n) is 4.17. The lowest BCUT2D eigenvalue weighted by Crippen LogP contribution is -2.27. The zero-order chi connectivity index (χ0) is 22.2. The van der Waals surface area contributed by atoms with Gasteiger partial charge in [0.05, 0.1) is 16.6 Å². The number of para-hydroxylation sites is 2. The van der Waals surface area contributed by atoms with E-state index in [0.717, 1.165) is 4.47 Å². The number of aliphatic carboxylic acids is 1. The average molecular weight is 482 g/mol. The fourth-order valence-electron chi connectivity index (χ4n) is 2.73. The number of carboxylic acid groups (broad SMARTS) is 1. The number of amides is 1. The van der Waals surface area contributed by atoms with Crippen LogP contribution in [-0.4, -0.2) is 23.6 Å². The Morgan fingerprint density at radius 3 is 2.26 bits per heavy atom. The van der Waals surface area contributed by atoms with Gasteiger partial charge >= 0.3 is 5.97 Å². The summed E-state index contributed by atoms with van der Waals surface area (Å²) in [5, 5.41) is 12.0. The van der Waals surface area contributed by atoms with Crippen LogP contribution in [0.5, 0.6) is 17.2 Å². The van der Waals surface area contributed by atoms with Crippen LogP contribution in [0.2, 0.25) is 0 Å². The number of rotatable bonds is 8. The molecule has 0 aliphatic rings. The Hall–Kier alpha value is -3.58. The summed E-state index contributed by atoms with van der Waals surface area (Å²) < 4.78 is 12.1. The molecule has 0 spiro atoms. The molecule has 31 heavy (non-hydrogen) atoms. The fourth-order valence-corrected chi connectivity index (χ4v) is 3.10. The first-order chi connectivity index (χ1) is 15.0. The zero-order valence-electron chi connectivity index (χ0n) is 16.7. The van der Waals surface area contributed by atoms with Gasteiger partial charge < -0.3 is 19.9 Å². The Bertz CT molecular complexity index is 1110. The molecule has 0 unspecified atom stereocenters. The molecule has 0 fully saturated rings. The van der Waals surface area contributed by atoms with Gasteiger partial charge in [-0.1, -0.05) is 36.4 Å². The molecule has 0 saturated carbocycles. The highest BCUT2D eigenvalue weighted by Crippen LogP contribution is 2.29. The molecule has 3 aromatic carbocycles. The minimum atomic E-state index is -1.25. The second kappa shape index (κ2) is 10.4. The second-order valence-electron chi connectivity index (χ2n) is 6.35. The molecule has 7 heteroatoms. The molecule has 0 aliphatic carbocycles. The number of carboxylic acids is 1. The van der Waals surface area contributed by atoms with Gasteiger partial charge in [-0.25, -0.2) is 4.79 Å². The van der Waals surface area contributed by atoms with Gasteiger partial charge in [0.25, 0.3) is 5.91 Å². The Balaban J connectivity index is 1.77. The van der Waals surface area contributed by atoms with Crippen LogP contribution >= 0.6 is 15.9 Å². The van der Waals surface area contributed by atoms with E-state index in [1.54, 1.807) is 55.5 Å². The third kappa shape index (κ3) is 5.96. The molecule has 0 saturated heterocycles. The number of ether oxygens (including phenoxy) is 2. The van der Waals surface area contributed by atoms with Crippen LogP contribution in [0.4, 0.5) is 0 Å². The number of benzene rings is 3. The van der Waals surface area contributed by atoms with Crippen LogP contribution in [0.3, 0.4) is 0 Å². The van der Waals surface area contributed by atoms with E-state index >= 15 is 0 Å². The second-order valence-corrected chi connectivity index (χ2v) is 7.20. The van der Waals surface area contributed by atoms with Crippen molar-refractivity contribution in [1.82, 2.24) is 5.32 Å². The molecule has 1 amide bonds. The quantitative estimate of drug-likeness (QED) is 0.415. The standard InChI is InChI=1S/C24H20BrNO5/c1-2-30-21-9-5-3-7-18(21)23(27)26-20(24(28)29)15-16-11-13-17(14-12-16)31-22-10-6-4-8-19(22)25/h3-15H,2H2,1H3,(H,26,27)(H,28,29)/b20-15+. The summed E-state index contributed by atoms with van der Waals surface area (Å²) in [4.78, 5) is 24.3. The summed E-state index contributed by atoms with van der Waals surface area (Å²) in [5.74, 6) is -0.170. The lowest BCUT2D eigenvalue weighted by atomic mass is 10.1. The van der Waals surface area contributed by atoms with E-state index in [-0.39, 0.29) is 11.3 Å². The summed E-state index contributed by atoms with van der Waals surface area (Å²) in [6.45, 7) is 2.20. The van der Waals surface area contributed by atoms with Gasteiger partial charge in [-0.15, -0.1) is 0 Å². The smallest absolute Gasteiger partial charge is 0.352 e. The van der Waals surface area contributed by atoms with Crippen molar-refractivity contribution in [3.05, 3.63) is 94.1 Å². The van der Waals surface area contributed by atoms with Crippen LogP contribution in [0.1, 0.15) is 22.8 Å². The lowest BCUT2D eigenvalue weighted by molar-refractivity contribution is -0.132. The van der Waals surface area contributed by atoms with Crippen molar-refractivity contribution in [2.24, 2.45) is 0 Å². The predicted molar refractivity (Wildman–Crippen MR) is 121 cm³/mol. The first-order valence-electron chi connectivity index (χ1n) is 9.48. The van der Waals surface area contributed by atoms with Gasteiger partial charge in [0.15, 0.2) is 0 Å². The Morgan fingerprint density at radius 2 is 1.61 bits per heavy atom. The van der Waals surface area contributed by atoms with E-state index < -0.39 is 11.9 Å². The van der Waals surface area contributed by atoms with Crippen molar-refractivity contribution in [2.75, 3.05) is 6.61 Å². The number of nitrogens with one attached hydrogen (secondary N) is 1. The molecule has 2 N–H and O–H groups in total. The van der Waals surface area contributed by atoms with Crippen molar-refractivity contribution < 1.29 is 24.2 Å². The van der Waals surface area contributed by atoms with Crippen LogP contribution in [-0.2, 0) is 4.79 Å². The van der Waals surface area contributed by atoms with Gasteiger partial charge in [0.2, 0.25) is 0 Å². The highest BCUT2D eigenvalue weighted by atomic mass is 79.9. The molecule has 6 nitrogen and oxygen atoms in total. The minimum Gasteiger partial charge on any atom is -0.493 e. The fraction of sp³-hybridized carbons (Fsp3) is 0.0833. The normalized spacial score (nSPS) is 11.0. The van der Waals surface area contributed by atoms with Crippen molar-refractivity contribution in [3.8, 4) is 17.2 Å². The first kappa shape index (κ1) is 22.1. The Kier molecular flexibility index (Phi) is 7.45. The number of carbonyl (C=O) groups excluding carboxylic acids is 1. The molecule has 0 aliphatic heterocycles. The highest BCUT2D eigenvalue weighted by molar-refractivity contribution is 9.10. The van der Waals surface area contributed by atoms with Crippen molar-refractivity contribution in [3.63, 3.8) is 0 Å². The molecular weight excluding hydrogens is 462 g/mol. The van der Waals surface area contributed by atoms with Crippen molar-refractivity contribution in [1.29, 1.82) is 0 Å². The SMILES string of the molecule is CCOc1ccccc1C(=O)N/C(=C/c1ccc(Oc2ccccc2Br)cc1)C(=O)O. The summed E-state index contributed by atoms with van der Waals surface area (Å²) in [6, 6.07) is 21.0. The molecule has 0 bridgehead atoms. The van der Waals surface area contributed by atoms with E-state index in [2.05, 4.69) is 21.2 Å². The Morgan fingerprint density at radius 1 is 0.968 bits per heavy atom. The molecule has 3 rings (SSSR count). The maximum absolute atomic E-state index is 12.6. The van der Waals surface area contributed by atoms with Gasteiger partial charge in [-0.3, -0.25) is 4.79 Å². The van der Waals surface area contributed by atoms with Crippen LogP contribution in [0, 0.1) is 0 Å². The van der Waals surface area contributed by atoms with Gasteiger partial charge in [-0.05, 0) is 70.9 Å². The van der Waals surface area contributed by atoms with Crippen LogP contribution in [0.25, 0.3) is 6.08 Å². The number of hydrogen-bond donors (Lipinski definition) is 2. The van der Waals surface area contributed by atoms with E-state index in [1.165, 1.54) is 6.08 Å². The first-order valence-corrected chi connectivity index (χ1v) is 10.3. The maximum Gasteiger partial charge on any atom is 0.352 e. The van der Waals surface area contributed by atoms with E-state index in [9.17, 15) is 14.7 Å². The van der Waals surface area contributed by atoms with E-state index in [1.807, 2.05) is 24.3 Å². The summed E-state index contributed by atoms with van der Waals surface area (Å²) >= 11 is 3.42. The predicted octanol–water partition coefficient (Wildman–Crippen LogP) is 5.50. The zero-order valence-corrected chi connectivity index (χ0v) is 18.3.